The zero-order chi connectivity index (χ0) is 21.5. The molecule has 1 aromatic carbocycles. The Labute approximate surface area is 189 Å². The van der Waals surface area contributed by atoms with Crippen LogP contribution in [0.2, 0.25) is 0 Å². The van der Waals surface area contributed by atoms with E-state index in [0.29, 0.717) is 5.56 Å². The molecule has 4 aromatic rings. The van der Waals surface area contributed by atoms with E-state index >= 15 is 0 Å². The Balaban J connectivity index is 1.43. The van der Waals surface area contributed by atoms with Gasteiger partial charge in [-0.15, -0.1) is 22.7 Å². The number of nitrogens with zero attached hydrogens (tertiary/aromatic N) is 4. The third kappa shape index (κ3) is 4.05. The first kappa shape index (κ1) is 20.1. The molecule has 0 unspecified atom stereocenters. The second kappa shape index (κ2) is 8.01. The molecule has 8 heteroatoms. The molecule has 1 amide bonds. The summed E-state index contributed by atoms with van der Waals surface area (Å²) in [5, 5.41) is 7.28. The van der Waals surface area contributed by atoms with Gasteiger partial charge in [0.2, 0.25) is 0 Å². The Morgan fingerprint density at radius 1 is 1.10 bits per heavy atom. The summed E-state index contributed by atoms with van der Waals surface area (Å²) >= 11 is 3.20. The molecule has 0 spiro atoms. The van der Waals surface area contributed by atoms with Crippen molar-refractivity contribution in [3.63, 3.8) is 0 Å². The average Bonchev–Trinajstić information content (AvgIpc) is 3.45. The molecule has 0 radical (unpaired) electrons. The van der Waals surface area contributed by atoms with Crippen molar-refractivity contribution in [2.45, 2.75) is 39.7 Å². The Morgan fingerprint density at radius 3 is 2.77 bits per heavy atom. The lowest BCUT2D eigenvalue weighted by atomic mass is 10.1. The number of benzene rings is 1. The number of aromatic nitrogens is 3. The molecule has 1 N–H and O–H groups in total. The largest absolute Gasteiger partial charge is 0.331 e. The molecule has 3 aromatic heterocycles. The molecule has 1 atom stereocenters. The summed E-state index contributed by atoms with van der Waals surface area (Å²) in [7, 11) is 0. The topological polar surface area (TPSA) is 71.0 Å². The fourth-order valence-electron chi connectivity index (χ4n) is 4.13. The number of hydrogen-bond donors (Lipinski definition) is 1. The van der Waals surface area contributed by atoms with E-state index in [4.69, 9.17) is 4.98 Å². The third-order valence-corrected chi connectivity index (χ3v) is 7.25. The number of hydrogen-bond acceptors (Lipinski definition) is 7. The number of likely N-dealkylation sites (tertiary alicyclic amines) is 1. The van der Waals surface area contributed by atoms with Gasteiger partial charge >= 0.3 is 0 Å². The predicted molar refractivity (Wildman–Crippen MR) is 126 cm³/mol. The quantitative estimate of drug-likeness (QED) is 0.427. The highest BCUT2D eigenvalue weighted by Gasteiger charge is 2.32. The summed E-state index contributed by atoms with van der Waals surface area (Å²) in [5.74, 6) is 0.0591. The average molecular weight is 450 g/mol. The summed E-state index contributed by atoms with van der Waals surface area (Å²) in [6, 6.07) is 9.85. The summed E-state index contributed by atoms with van der Waals surface area (Å²) < 4.78 is 1.05. The molecular weight excluding hydrogens is 426 g/mol. The number of rotatable bonds is 4. The maximum atomic E-state index is 13.4. The number of aryl methyl sites for hydroxylation is 3. The van der Waals surface area contributed by atoms with Gasteiger partial charge in [-0.25, -0.2) is 9.97 Å². The van der Waals surface area contributed by atoms with Gasteiger partial charge in [-0.05, 0) is 63.9 Å². The normalized spacial score (nSPS) is 16.2. The smallest absolute Gasteiger partial charge is 0.254 e. The third-order valence-electron chi connectivity index (χ3n) is 5.44. The number of anilines is 2. The Hall–Kier alpha value is -2.84. The van der Waals surface area contributed by atoms with Crippen molar-refractivity contribution < 1.29 is 4.79 Å². The van der Waals surface area contributed by atoms with E-state index in [1.54, 1.807) is 22.7 Å². The van der Waals surface area contributed by atoms with Crippen LogP contribution >= 0.6 is 22.7 Å². The predicted octanol–water partition coefficient (Wildman–Crippen LogP) is 5.79. The zero-order valence-corrected chi connectivity index (χ0v) is 19.3. The van der Waals surface area contributed by atoms with Crippen LogP contribution in [0.4, 0.5) is 10.8 Å². The fraction of sp³-hybridized carbons (Fsp3) is 0.304. The van der Waals surface area contributed by atoms with E-state index in [0.717, 1.165) is 62.5 Å². The van der Waals surface area contributed by atoms with E-state index < -0.39 is 0 Å². The molecule has 4 heterocycles. The number of amides is 1. The lowest BCUT2D eigenvalue weighted by Crippen LogP contribution is -2.31. The van der Waals surface area contributed by atoms with Crippen molar-refractivity contribution in [2.24, 2.45) is 0 Å². The van der Waals surface area contributed by atoms with Gasteiger partial charge < -0.3 is 10.2 Å². The fourth-order valence-corrected chi connectivity index (χ4v) is 5.70. The van der Waals surface area contributed by atoms with E-state index in [2.05, 4.69) is 21.4 Å². The van der Waals surface area contributed by atoms with Crippen LogP contribution in [0.1, 0.15) is 51.3 Å². The number of nitrogens with one attached hydrogen (secondary N) is 1. The van der Waals surface area contributed by atoms with Crippen LogP contribution in [0.3, 0.4) is 0 Å². The lowest BCUT2D eigenvalue weighted by molar-refractivity contribution is 0.0733. The van der Waals surface area contributed by atoms with Crippen LogP contribution in [-0.2, 0) is 0 Å². The van der Waals surface area contributed by atoms with Crippen LogP contribution in [0, 0.1) is 20.8 Å². The van der Waals surface area contributed by atoms with Crippen LogP contribution in [0.25, 0.3) is 10.2 Å². The standard InChI is InChI=1S/C23H23N5OS2/c1-13-9-17(27-23-25-14(2)12-30-23)11-19(24-13)20-5-4-8-28(20)22(29)16-6-7-18-21(10-16)31-15(3)26-18/h6-7,9-12,20H,4-5,8H2,1-3H3,(H,24,25,27)/t20-/m1/s1. The van der Waals surface area contributed by atoms with Gasteiger partial charge in [-0.1, -0.05) is 0 Å². The van der Waals surface area contributed by atoms with Gasteiger partial charge in [0.15, 0.2) is 5.13 Å². The van der Waals surface area contributed by atoms with Crippen LogP contribution < -0.4 is 5.32 Å². The molecule has 0 saturated carbocycles. The summed E-state index contributed by atoms with van der Waals surface area (Å²) in [6.07, 6.45) is 1.89. The van der Waals surface area contributed by atoms with Crippen molar-refractivity contribution in [3.8, 4) is 0 Å². The number of carbonyl (C=O) groups is 1. The number of carbonyl (C=O) groups excluding carboxylic acids is 1. The molecule has 1 aliphatic rings. The number of fused-ring (bicyclic) bond motifs is 1. The molecular formula is C23H23N5OS2. The van der Waals surface area contributed by atoms with Crippen LogP contribution in [0.15, 0.2) is 35.7 Å². The van der Waals surface area contributed by atoms with Crippen LogP contribution in [-0.4, -0.2) is 32.3 Å². The molecule has 158 valence electrons. The number of thiazole rings is 2. The van der Waals surface area contributed by atoms with Gasteiger partial charge in [0.1, 0.15) is 0 Å². The molecule has 1 aliphatic heterocycles. The van der Waals surface area contributed by atoms with Gasteiger partial charge in [0.25, 0.3) is 5.91 Å². The van der Waals surface area contributed by atoms with Crippen molar-refractivity contribution in [1.82, 2.24) is 19.9 Å². The van der Waals surface area contributed by atoms with Crippen molar-refractivity contribution in [1.29, 1.82) is 0 Å². The molecule has 31 heavy (non-hydrogen) atoms. The summed E-state index contributed by atoms with van der Waals surface area (Å²) in [6.45, 7) is 6.71. The Bertz CT molecular complexity index is 1280. The highest BCUT2D eigenvalue weighted by molar-refractivity contribution is 7.18. The van der Waals surface area contributed by atoms with E-state index in [-0.39, 0.29) is 11.9 Å². The maximum Gasteiger partial charge on any atom is 0.254 e. The van der Waals surface area contributed by atoms with Gasteiger partial charge in [0.05, 0.1) is 32.7 Å². The monoisotopic (exact) mass is 449 g/mol. The van der Waals surface area contributed by atoms with Crippen molar-refractivity contribution >= 4 is 49.6 Å². The first-order valence-corrected chi connectivity index (χ1v) is 12.0. The second-order valence-electron chi connectivity index (χ2n) is 7.91. The molecule has 5 rings (SSSR count). The second-order valence-corrected chi connectivity index (χ2v) is 10.0. The van der Waals surface area contributed by atoms with E-state index in [9.17, 15) is 4.79 Å². The molecule has 1 fully saturated rings. The summed E-state index contributed by atoms with van der Waals surface area (Å²) in [4.78, 5) is 29.1. The van der Waals surface area contributed by atoms with Gasteiger partial charge in [0, 0.05) is 28.9 Å². The van der Waals surface area contributed by atoms with Crippen molar-refractivity contribution in [3.05, 3.63) is 63.4 Å². The van der Waals surface area contributed by atoms with Gasteiger partial charge in [-0.3, -0.25) is 9.78 Å². The SMILES string of the molecule is Cc1cc(Nc2nc(C)cs2)cc([C@H]2CCCN2C(=O)c2ccc3nc(C)sc3c2)n1. The first-order valence-electron chi connectivity index (χ1n) is 10.3. The molecule has 0 bridgehead atoms. The highest BCUT2D eigenvalue weighted by Crippen LogP contribution is 2.35. The van der Waals surface area contributed by atoms with Crippen molar-refractivity contribution in [2.75, 3.05) is 11.9 Å². The minimum atomic E-state index is -0.0233. The lowest BCUT2D eigenvalue weighted by Gasteiger charge is -2.25. The molecule has 1 saturated heterocycles. The maximum absolute atomic E-state index is 13.4. The van der Waals surface area contributed by atoms with Crippen LogP contribution in [0.5, 0.6) is 0 Å². The Morgan fingerprint density at radius 2 is 1.97 bits per heavy atom. The van der Waals surface area contributed by atoms with E-state index in [1.165, 1.54) is 0 Å². The van der Waals surface area contributed by atoms with Gasteiger partial charge in [-0.2, -0.15) is 0 Å². The summed E-state index contributed by atoms with van der Waals surface area (Å²) in [5.41, 5.74) is 5.47. The van der Waals surface area contributed by atoms with E-state index in [1.807, 2.05) is 55.3 Å². The molecule has 6 nitrogen and oxygen atoms in total. The minimum Gasteiger partial charge on any atom is -0.331 e. The zero-order valence-electron chi connectivity index (χ0n) is 17.7. The molecule has 0 aliphatic carbocycles. The highest BCUT2D eigenvalue weighted by atomic mass is 32.1. The minimum absolute atomic E-state index is 0.0233. The Kier molecular flexibility index (Phi) is 5.19. The number of pyridine rings is 1. The first-order chi connectivity index (χ1) is 15.0.